The molecule has 0 saturated carbocycles. The van der Waals surface area contributed by atoms with E-state index < -0.39 is 0 Å². The molecule has 3 nitrogen and oxygen atoms in total. The lowest BCUT2D eigenvalue weighted by Crippen LogP contribution is -2.07. The van der Waals surface area contributed by atoms with E-state index >= 15 is 0 Å². The van der Waals surface area contributed by atoms with Gasteiger partial charge in [0.05, 0.1) is 10.7 Å². The molecule has 0 bridgehead atoms. The Morgan fingerprint density at radius 1 is 1.04 bits per heavy atom. The average Bonchev–Trinajstić information content (AvgIpc) is 3.02. The highest BCUT2D eigenvalue weighted by Crippen LogP contribution is 2.32. The fourth-order valence-corrected chi connectivity index (χ4v) is 3.39. The number of rotatable bonds is 4. The Kier molecular flexibility index (Phi) is 5.76. The maximum Gasteiger partial charge on any atom is 0.250 e. The Balaban J connectivity index is 1.68. The quantitative estimate of drug-likeness (QED) is 0.505. The molecule has 1 aromatic heterocycles. The SMILES string of the molecule is O=C(/C=C/c1ccc(Cl)cc1)Nc1nc(-c2ccc(Cl)cc2Cl)cs1. The maximum absolute atomic E-state index is 12.0. The minimum Gasteiger partial charge on any atom is -0.298 e. The topological polar surface area (TPSA) is 42.0 Å². The first kappa shape index (κ1) is 18.0. The fraction of sp³-hybridized carbons (Fsp3) is 0. The third-order valence-corrected chi connectivity index (χ3v) is 4.80. The number of nitrogens with zero attached hydrogens (tertiary/aromatic N) is 1. The van der Waals surface area contributed by atoms with Crippen LogP contribution < -0.4 is 5.32 Å². The summed E-state index contributed by atoms with van der Waals surface area (Å²) in [6.07, 6.45) is 3.15. The van der Waals surface area contributed by atoms with Crippen LogP contribution >= 0.6 is 46.1 Å². The molecule has 7 heteroatoms. The summed E-state index contributed by atoms with van der Waals surface area (Å²) in [5.74, 6) is -0.266. The summed E-state index contributed by atoms with van der Waals surface area (Å²) in [6.45, 7) is 0. The number of carbonyl (C=O) groups is 1. The van der Waals surface area contributed by atoms with Crippen molar-refractivity contribution in [2.45, 2.75) is 0 Å². The summed E-state index contributed by atoms with van der Waals surface area (Å²) in [7, 11) is 0. The highest BCUT2D eigenvalue weighted by atomic mass is 35.5. The van der Waals surface area contributed by atoms with Crippen LogP contribution in [0.2, 0.25) is 15.1 Å². The van der Waals surface area contributed by atoms with Crippen LogP contribution in [0.25, 0.3) is 17.3 Å². The van der Waals surface area contributed by atoms with E-state index in [1.54, 1.807) is 36.4 Å². The molecule has 126 valence electrons. The number of hydrogen-bond acceptors (Lipinski definition) is 3. The van der Waals surface area contributed by atoms with Gasteiger partial charge in [0.1, 0.15) is 0 Å². The van der Waals surface area contributed by atoms with Crippen molar-refractivity contribution in [3.8, 4) is 11.3 Å². The second kappa shape index (κ2) is 8.02. The molecule has 25 heavy (non-hydrogen) atoms. The molecule has 0 unspecified atom stereocenters. The van der Waals surface area contributed by atoms with Crippen LogP contribution in [0.3, 0.4) is 0 Å². The summed E-state index contributed by atoms with van der Waals surface area (Å²) < 4.78 is 0. The number of carbonyl (C=O) groups excluding carboxylic acids is 1. The molecule has 0 fully saturated rings. The van der Waals surface area contributed by atoms with Crippen molar-refractivity contribution in [1.29, 1.82) is 0 Å². The van der Waals surface area contributed by atoms with Crippen LogP contribution in [0.1, 0.15) is 5.56 Å². The summed E-state index contributed by atoms with van der Waals surface area (Å²) in [4.78, 5) is 16.4. The number of thiazole rings is 1. The number of anilines is 1. The van der Waals surface area contributed by atoms with Gasteiger partial charge in [-0.3, -0.25) is 10.1 Å². The molecule has 1 N–H and O–H groups in total. The zero-order valence-electron chi connectivity index (χ0n) is 12.7. The predicted octanol–water partition coefficient (Wildman–Crippen LogP) is 6.42. The van der Waals surface area contributed by atoms with Crippen molar-refractivity contribution in [3.63, 3.8) is 0 Å². The number of halogens is 3. The molecule has 0 aliphatic carbocycles. The molecule has 0 atom stereocenters. The van der Waals surface area contributed by atoms with Crippen LogP contribution in [0.4, 0.5) is 5.13 Å². The highest BCUT2D eigenvalue weighted by molar-refractivity contribution is 7.14. The number of aromatic nitrogens is 1. The van der Waals surface area contributed by atoms with Gasteiger partial charge in [0.25, 0.3) is 0 Å². The van der Waals surface area contributed by atoms with Gasteiger partial charge in [0.15, 0.2) is 5.13 Å². The standard InChI is InChI=1S/C18H11Cl3N2OS/c19-12-4-1-11(2-5-12)3-8-17(24)23-18-22-16(10-25-18)14-7-6-13(20)9-15(14)21/h1-10H,(H,22,23,24)/b8-3+. The minimum absolute atomic E-state index is 0.266. The number of hydrogen-bond donors (Lipinski definition) is 1. The van der Waals surface area contributed by atoms with Crippen LogP contribution in [0, 0.1) is 0 Å². The fourth-order valence-electron chi connectivity index (χ4n) is 2.04. The minimum atomic E-state index is -0.266. The van der Waals surface area contributed by atoms with E-state index in [9.17, 15) is 4.79 Å². The molecule has 0 saturated heterocycles. The zero-order chi connectivity index (χ0) is 17.8. The maximum atomic E-state index is 12.0. The molecule has 3 aromatic rings. The monoisotopic (exact) mass is 408 g/mol. The van der Waals surface area contributed by atoms with Gasteiger partial charge in [-0.05, 0) is 42.0 Å². The molecule has 0 spiro atoms. The lowest BCUT2D eigenvalue weighted by Gasteiger charge is -2.01. The number of benzene rings is 2. The number of nitrogens with one attached hydrogen (secondary N) is 1. The van der Waals surface area contributed by atoms with E-state index in [-0.39, 0.29) is 5.91 Å². The Morgan fingerprint density at radius 3 is 2.48 bits per heavy atom. The highest BCUT2D eigenvalue weighted by Gasteiger charge is 2.10. The van der Waals surface area contributed by atoms with E-state index in [1.807, 2.05) is 17.5 Å². The third-order valence-electron chi connectivity index (χ3n) is 3.24. The second-order valence-electron chi connectivity index (χ2n) is 5.04. The van der Waals surface area contributed by atoms with E-state index in [0.29, 0.717) is 25.9 Å². The molecule has 3 rings (SSSR count). The molecule has 1 amide bonds. The van der Waals surface area contributed by atoms with Gasteiger partial charge < -0.3 is 0 Å². The lowest BCUT2D eigenvalue weighted by molar-refractivity contribution is -0.111. The summed E-state index contributed by atoms with van der Waals surface area (Å²) in [5, 5.41) is 6.77. The third kappa shape index (κ3) is 4.83. The summed E-state index contributed by atoms with van der Waals surface area (Å²) in [5.41, 5.74) is 2.33. The summed E-state index contributed by atoms with van der Waals surface area (Å²) >= 11 is 19.2. The van der Waals surface area contributed by atoms with Crippen LogP contribution in [0.5, 0.6) is 0 Å². The van der Waals surface area contributed by atoms with Gasteiger partial charge in [-0.25, -0.2) is 4.98 Å². The zero-order valence-corrected chi connectivity index (χ0v) is 15.8. The van der Waals surface area contributed by atoms with Gasteiger partial charge in [-0.15, -0.1) is 11.3 Å². The summed E-state index contributed by atoms with van der Waals surface area (Å²) in [6, 6.07) is 12.4. The molecular formula is C18H11Cl3N2OS. The normalized spacial score (nSPS) is 11.0. The van der Waals surface area contributed by atoms with Gasteiger partial charge in [-0.1, -0.05) is 46.9 Å². The average molecular weight is 410 g/mol. The first-order chi connectivity index (χ1) is 12.0. The van der Waals surface area contributed by atoms with Gasteiger partial charge in [0.2, 0.25) is 5.91 Å². The molecule has 0 radical (unpaired) electrons. The van der Waals surface area contributed by atoms with Gasteiger partial charge in [-0.2, -0.15) is 0 Å². The lowest BCUT2D eigenvalue weighted by atomic mass is 10.2. The largest absolute Gasteiger partial charge is 0.298 e. The first-order valence-corrected chi connectivity index (χ1v) is 9.18. The van der Waals surface area contributed by atoms with E-state index in [0.717, 1.165) is 11.1 Å². The Bertz CT molecular complexity index is 936. The van der Waals surface area contributed by atoms with Crippen molar-refractivity contribution in [1.82, 2.24) is 4.98 Å². The second-order valence-corrected chi connectivity index (χ2v) is 7.17. The molecule has 0 aliphatic rings. The van der Waals surface area contributed by atoms with Crippen molar-refractivity contribution < 1.29 is 4.79 Å². The number of amides is 1. The van der Waals surface area contributed by atoms with E-state index in [4.69, 9.17) is 34.8 Å². The van der Waals surface area contributed by atoms with Crippen LogP contribution in [0.15, 0.2) is 53.9 Å². The van der Waals surface area contributed by atoms with Crippen molar-refractivity contribution in [2.75, 3.05) is 5.32 Å². The van der Waals surface area contributed by atoms with E-state index in [1.165, 1.54) is 17.4 Å². The van der Waals surface area contributed by atoms with Crippen LogP contribution in [-0.2, 0) is 4.79 Å². The molecule has 1 heterocycles. The molecule has 2 aromatic carbocycles. The van der Waals surface area contributed by atoms with Crippen molar-refractivity contribution in [3.05, 3.63) is 74.6 Å². The Hall–Kier alpha value is -1.85. The predicted molar refractivity (Wildman–Crippen MR) is 107 cm³/mol. The van der Waals surface area contributed by atoms with Crippen LogP contribution in [-0.4, -0.2) is 10.9 Å². The molecular weight excluding hydrogens is 399 g/mol. The van der Waals surface area contributed by atoms with Gasteiger partial charge in [0, 0.05) is 27.1 Å². The first-order valence-electron chi connectivity index (χ1n) is 7.17. The van der Waals surface area contributed by atoms with E-state index in [2.05, 4.69) is 10.3 Å². The smallest absolute Gasteiger partial charge is 0.250 e. The van der Waals surface area contributed by atoms with Crippen molar-refractivity contribution >= 4 is 63.3 Å². The molecule has 0 aliphatic heterocycles. The van der Waals surface area contributed by atoms with Gasteiger partial charge >= 0.3 is 0 Å². The Labute approximate surface area is 163 Å². The Morgan fingerprint density at radius 2 is 1.76 bits per heavy atom. The van der Waals surface area contributed by atoms with Crippen molar-refractivity contribution in [2.24, 2.45) is 0 Å².